The van der Waals surface area contributed by atoms with E-state index in [-0.39, 0.29) is 16.9 Å². The largest absolute Gasteiger partial charge is 0.346 e. The van der Waals surface area contributed by atoms with Crippen molar-refractivity contribution in [3.8, 4) is 0 Å². The van der Waals surface area contributed by atoms with E-state index in [4.69, 9.17) is 0 Å². The van der Waals surface area contributed by atoms with Crippen molar-refractivity contribution >= 4 is 27.2 Å². The molecular weight excluding hydrogens is 352 g/mol. The number of Topliss-reactive ketones (excluding diaryl/α,β-unsaturated/α-hetero) is 1. The van der Waals surface area contributed by atoms with Crippen LogP contribution >= 0.6 is 0 Å². The number of amides is 1. The topological polar surface area (TPSA) is 85.2 Å². The van der Waals surface area contributed by atoms with Crippen LogP contribution in [0, 0.1) is 0 Å². The molecular formula is C19H22N2O4S. The van der Waals surface area contributed by atoms with Crippen molar-refractivity contribution in [2.75, 3.05) is 5.32 Å². The maximum absolute atomic E-state index is 12.6. The van der Waals surface area contributed by atoms with Crippen molar-refractivity contribution in [1.29, 1.82) is 0 Å². The lowest BCUT2D eigenvalue weighted by Gasteiger charge is -2.12. The second-order valence-electron chi connectivity index (χ2n) is 6.71. The molecule has 2 aromatic rings. The zero-order valence-corrected chi connectivity index (χ0v) is 15.7. The average molecular weight is 374 g/mol. The first-order valence-electron chi connectivity index (χ1n) is 8.61. The molecule has 6 nitrogen and oxygen atoms in total. The molecule has 1 saturated carbocycles. The van der Waals surface area contributed by atoms with Gasteiger partial charge in [-0.3, -0.25) is 9.59 Å². The maximum atomic E-state index is 12.6. The smallest absolute Gasteiger partial charge is 0.272 e. The van der Waals surface area contributed by atoms with Gasteiger partial charge in [-0.05, 0) is 50.1 Å². The van der Waals surface area contributed by atoms with Gasteiger partial charge in [0.15, 0.2) is 15.6 Å². The highest BCUT2D eigenvalue weighted by Gasteiger charge is 2.30. The summed E-state index contributed by atoms with van der Waals surface area (Å²) in [6.45, 7) is 1.44. The Morgan fingerprint density at radius 2 is 1.73 bits per heavy atom. The van der Waals surface area contributed by atoms with Crippen molar-refractivity contribution in [1.82, 2.24) is 4.57 Å². The summed E-state index contributed by atoms with van der Waals surface area (Å²) < 4.78 is 26.7. The fraction of sp³-hybridized carbons (Fsp3) is 0.368. The van der Waals surface area contributed by atoms with E-state index in [1.165, 1.54) is 25.1 Å². The Morgan fingerprint density at radius 3 is 2.27 bits per heavy atom. The summed E-state index contributed by atoms with van der Waals surface area (Å²) in [5.41, 5.74) is 1.33. The summed E-state index contributed by atoms with van der Waals surface area (Å²) in [4.78, 5) is 24.1. The predicted molar refractivity (Wildman–Crippen MR) is 99.3 cm³/mol. The minimum Gasteiger partial charge on any atom is -0.346 e. The molecule has 0 aliphatic heterocycles. The van der Waals surface area contributed by atoms with Crippen LogP contribution in [-0.4, -0.2) is 29.9 Å². The fourth-order valence-electron chi connectivity index (χ4n) is 3.30. The summed E-state index contributed by atoms with van der Waals surface area (Å²) in [6, 6.07) is 7.80. The molecule has 1 aromatic heterocycles. The van der Waals surface area contributed by atoms with Gasteiger partial charge in [-0.2, -0.15) is 0 Å². The second-order valence-corrected chi connectivity index (χ2v) is 8.94. The van der Waals surface area contributed by atoms with Gasteiger partial charge in [-0.15, -0.1) is 0 Å². The molecule has 1 fully saturated rings. The number of rotatable bonds is 5. The van der Waals surface area contributed by atoms with E-state index in [2.05, 4.69) is 5.32 Å². The third-order valence-electron chi connectivity index (χ3n) is 4.83. The first-order chi connectivity index (χ1) is 12.3. The summed E-state index contributed by atoms with van der Waals surface area (Å²) in [5, 5.41) is 2.44. The van der Waals surface area contributed by atoms with Crippen molar-refractivity contribution < 1.29 is 18.0 Å². The van der Waals surface area contributed by atoms with Crippen LogP contribution in [0.1, 0.15) is 53.5 Å². The predicted octanol–water partition coefficient (Wildman–Crippen LogP) is 3.20. The van der Waals surface area contributed by atoms with Crippen molar-refractivity contribution in [2.24, 2.45) is 7.05 Å². The van der Waals surface area contributed by atoms with E-state index in [9.17, 15) is 18.0 Å². The average Bonchev–Trinajstić information content (AvgIpc) is 3.25. The minimum absolute atomic E-state index is 0.110. The van der Waals surface area contributed by atoms with E-state index < -0.39 is 9.84 Å². The van der Waals surface area contributed by atoms with Crippen LogP contribution in [0.15, 0.2) is 41.4 Å². The molecule has 7 heteroatoms. The molecule has 0 bridgehead atoms. The normalized spacial score (nSPS) is 15.2. The van der Waals surface area contributed by atoms with Crippen molar-refractivity contribution in [3.63, 3.8) is 0 Å². The number of benzene rings is 1. The number of carbonyl (C=O) groups excluding carboxylic acids is 2. The van der Waals surface area contributed by atoms with Crippen LogP contribution in [0.4, 0.5) is 5.69 Å². The molecule has 1 N–H and O–H groups in total. The number of hydrogen-bond acceptors (Lipinski definition) is 4. The third kappa shape index (κ3) is 3.58. The van der Waals surface area contributed by atoms with Gasteiger partial charge < -0.3 is 9.88 Å². The Morgan fingerprint density at radius 1 is 1.12 bits per heavy atom. The number of hydrogen-bond donors (Lipinski definition) is 1. The minimum atomic E-state index is -3.30. The van der Waals surface area contributed by atoms with Gasteiger partial charge in [-0.25, -0.2) is 8.42 Å². The molecule has 0 radical (unpaired) electrons. The monoisotopic (exact) mass is 374 g/mol. The van der Waals surface area contributed by atoms with Crippen LogP contribution in [0.3, 0.4) is 0 Å². The lowest BCUT2D eigenvalue weighted by molar-refractivity contribution is 0.101. The molecule has 0 spiro atoms. The molecule has 1 amide bonds. The molecule has 1 aliphatic carbocycles. The standard InChI is InChI=1S/C19H22N2O4S/c1-13(22)14-11-18(21(2)12-14)19(23)20-15-7-9-17(10-8-15)26(24,25)16-5-3-4-6-16/h7-12,16H,3-6H2,1-2H3,(H,20,23). The summed E-state index contributed by atoms with van der Waals surface area (Å²) in [6.07, 6.45) is 4.95. The highest BCUT2D eigenvalue weighted by Crippen LogP contribution is 2.30. The van der Waals surface area contributed by atoms with Crippen molar-refractivity contribution in [3.05, 3.63) is 47.8 Å². The number of nitrogens with one attached hydrogen (secondary N) is 1. The molecule has 0 unspecified atom stereocenters. The molecule has 3 rings (SSSR count). The Bertz CT molecular complexity index is 936. The zero-order valence-electron chi connectivity index (χ0n) is 14.9. The molecule has 1 aliphatic rings. The highest BCUT2D eigenvalue weighted by atomic mass is 32.2. The van der Waals surface area contributed by atoms with Gasteiger partial charge in [0.2, 0.25) is 0 Å². The number of anilines is 1. The van der Waals surface area contributed by atoms with Crippen LogP contribution in [0.25, 0.3) is 0 Å². The van der Waals surface area contributed by atoms with Gasteiger partial charge in [0, 0.05) is 24.5 Å². The number of sulfone groups is 1. The van der Waals surface area contributed by atoms with E-state index in [1.54, 1.807) is 29.9 Å². The Kier molecular flexibility index (Phi) is 5.00. The summed E-state index contributed by atoms with van der Waals surface area (Å²) in [7, 11) is -1.61. The summed E-state index contributed by atoms with van der Waals surface area (Å²) >= 11 is 0. The molecule has 1 heterocycles. The van der Waals surface area contributed by atoms with Gasteiger partial charge in [-0.1, -0.05) is 12.8 Å². The molecule has 26 heavy (non-hydrogen) atoms. The fourth-order valence-corrected chi connectivity index (χ4v) is 5.15. The van der Waals surface area contributed by atoms with Crippen molar-refractivity contribution in [2.45, 2.75) is 42.8 Å². The number of carbonyl (C=O) groups is 2. The summed E-state index contributed by atoms with van der Waals surface area (Å²) in [5.74, 6) is -0.465. The first kappa shape index (κ1) is 18.4. The van der Waals surface area contributed by atoms with E-state index >= 15 is 0 Å². The van der Waals surface area contributed by atoms with Gasteiger partial charge in [0.1, 0.15) is 5.69 Å². The van der Waals surface area contributed by atoms with E-state index in [0.29, 0.717) is 34.7 Å². The van der Waals surface area contributed by atoms with Crippen LogP contribution in [-0.2, 0) is 16.9 Å². The Balaban J connectivity index is 1.75. The zero-order chi connectivity index (χ0) is 18.9. The van der Waals surface area contributed by atoms with Crippen LogP contribution in [0.2, 0.25) is 0 Å². The Hall–Kier alpha value is -2.41. The van der Waals surface area contributed by atoms with E-state index in [0.717, 1.165) is 12.8 Å². The molecule has 138 valence electrons. The molecule has 0 atom stereocenters. The Labute approximate surface area is 153 Å². The number of aryl methyl sites for hydroxylation is 1. The highest BCUT2D eigenvalue weighted by molar-refractivity contribution is 7.92. The first-order valence-corrected chi connectivity index (χ1v) is 10.2. The number of aromatic nitrogens is 1. The molecule has 0 saturated heterocycles. The number of nitrogens with zero attached hydrogens (tertiary/aromatic N) is 1. The quantitative estimate of drug-likeness (QED) is 0.815. The lowest BCUT2D eigenvalue weighted by atomic mass is 10.2. The van der Waals surface area contributed by atoms with E-state index in [1.807, 2.05) is 0 Å². The van der Waals surface area contributed by atoms with Gasteiger partial charge >= 0.3 is 0 Å². The lowest BCUT2D eigenvalue weighted by Crippen LogP contribution is -2.18. The van der Waals surface area contributed by atoms with Gasteiger partial charge in [0.25, 0.3) is 5.91 Å². The van der Waals surface area contributed by atoms with Gasteiger partial charge in [0.05, 0.1) is 10.1 Å². The second kappa shape index (κ2) is 7.07. The molecule has 1 aromatic carbocycles. The number of ketones is 1. The van der Waals surface area contributed by atoms with Crippen LogP contribution < -0.4 is 5.32 Å². The van der Waals surface area contributed by atoms with Crippen LogP contribution in [0.5, 0.6) is 0 Å². The maximum Gasteiger partial charge on any atom is 0.272 e. The SMILES string of the molecule is CC(=O)c1cc(C(=O)Nc2ccc(S(=O)(=O)C3CCCC3)cc2)n(C)c1. The third-order valence-corrected chi connectivity index (χ3v) is 7.10.